The zero-order chi connectivity index (χ0) is 13.3. The van der Waals surface area contributed by atoms with Crippen LogP contribution in [0.2, 0.25) is 0 Å². The molecule has 1 spiro atoms. The maximum Gasteiger partial charge on any atom is 0.143 e. The molecular formula is C16H24N2O. The van der Waals surface area contributed by atoms with Crippen LogP contribution < -0.4 is 15.0 Å². The molecular weight excluding hydrogens is 236 g/mol. The van der Waals surface area contributed by atoms with Crippen LogP contribution in [0.25, 0.3) is 0 Å². The summed E-state index contributed by atoms with van der Waals surface area (Å²) in [5, 5.41) is 3.44. The van der Waals surface area contributed by atoms with Crippen molar-refractivity contribution >= 4 is 5.69 Å². The predicted octanol–water partition coefficient (Wildman–Crippen LogP) is 2.81. The van der Waals surface area contributed by atoms with E-state index in [0.29, 0.717) is 6.04 Å². The Morgan fingerprint density at radius 3 is 2.63 bits per heavy atom. The Bertz CT molecular complexity index is 438. The fourth-order valence-corrected chi connectivity index (χ4v) is 3.28. The Balaban J connectivity index is 1.95. The van der Waals surface area contributed by atoms with E-state index in [2.05, 4.69) is 48.3 Å². The smallest absolute Gasteiger partial charge is 0.143 e. The zero-order valence-electron chi connectivity index (χ0n) is 12.0. The lowest BCUT2D eigenvalue weighted by Gasteiger charge is -2.37. The Labute approximate surface area is 115 Å². The second kappa shape index (κ2) is 5.04. The molecule has 0 bridgehead atoms. The van der Waals surface area contributed by atoms with Crippen LogP contribution in [-0.4, -0.2) is 31.3 Å². The van der Waals surface area contributed by atoms with Crippen molar-refractivity contribution in [3.05, 3.63) is 24.3 Å². The first-order valence-corrected chi connectivity index (χ1v) is 7.46. The van der Waals surface area contributed by atoms with Gasteiger partial charge in [0.25, 0.3) is 0 Å². The number of fused-ring (bicyclic) bond motifs is 1. The second-order valence-corrected chi connectivity index (χ2v) is 6.04. The molecule has 104 valence electrons. The Hall–Kier alpha value is -1.22. The SMILES string of the molecule is CC(C)N1CCC2(CCNCC2)Oc2ccccc21. The normalized spacial score (nSPS) is 21.9. The van der Waals surface area contributed by atoms with Crippen molar-refractivity contribution in [2.75, 3.05) is 24.5 Å². The monoisotopic (exact) mass is 260 g/mol. The van der Waals surface area contributed by atoms with Crippen LogP contribution in [0.1, 0.15) is 33.1 Å². The number of ether oxygens (including phenoxy) is 1. The van der Waals surface area contributed by atoms with Gasteiger partial charge in [-0.1, -0.05) is 12.1 Å². The lowest BCUT2D eigenvalue weighted by molar-refractivity contribution is 0.0350. The molecule has 3 rings (SSSR count). The van der Waals surface area contributed by atoms with Crippen LogP contribution in [0.3, 0.4) is 0 Å². The standard InChI is InChI=1S/C16H24N2O/c1-13(2)18-12-9-16(7-10-17-11-8-16)19-15-6-4-3-5-14(15)18/h3-6,13,17H,7-12H2,1-2H3. The van der Waals surface area contributed by atoms with Gasteiger partial charge in [0.15, 0.2) is 0 Å². The van der Waals surface area contributed by atoms with Gasteiger partial charge in [-0.15, -0.1) is 0 Å². The Kier molecular flexibility index (Phi) is 3.40. The van der Waals surface area contributed by atoms with E-state index in [1.807, 2.05) is 0 Å². The summed E-state index contributed by atoms with van der Waals surface area (Å²) < 4.78 is 6.48. The topological polar surface area (TPSA) is 24.5 Å². The molecule has 0 aromatic heterocycles. The number of rotatable bonds is 1. The highest BCUT2D eigenvalue weighted by Crippen LogP contribution is 2.39. The van der Waals surface area contributed by atoms with Gasteiger partial charge in [0.1, 0.15) is 11.4 Å². The lowest BCUT2D eigenvalue weighted by Crippen LogP contribution is -2.47. The number of anilines is 1. The van der Waals surface area contributed by atoms with Gasteiger partial charge < -0.3 is 15.0 Å². The zero-order valence-corrected chi connectivity index (χ0v) is 12.0. The molecule has 0 radical (unpaired) electrons. The fraction of sp³-hybridized carbons (Fsp3) is 0.625. The third-order valence-electron chi connectivity index (χ3n) is 4.45. The molecule has 0 amide bonds. The minimum atomic E-state index is 0.0466. The van der Waals surface area contributed by atoms with Crippen LogP contribution in [-0.2, 0) is 0 Å². The van der Waals surface area contributed by atoms with E-state index in [4.69, 9.17) is 4.74 Å². The summed E-state index contributed by atoms with van der Waals surface area (Å²) in [6.07, 6.45) is 3.36. The number of hydrogen-bond donors (Lipinski definition) is 1. The molecule has 1 aromatic carbocycles. The van der Waals surface area contributed by atoms with Crippen molar-refractivity contribution in [2.24, 2.45) is 0 Å². The molecule has 0 saturated carbocycles. The highest BCUT2D eigenvalue weighted by Gasteiger charge is 2.37. The number of nitrogens with zero attached hydrogens (tertiary/aromatic N) is 1. The summed E-state index contributed by atoms with van der Waals surface area (Å²) in [6, 6.07) is 9.02. The van der Waals surface area contributed by atoms with E-state index >= 15 is 0 Å². The summed E-state index contributed by atoms with van der Waals surface area (Å²) in [6.45, 7) is 7.76. The van der Waals surface area contributed by atoms with Crippen LogP contribution >= 0.6 is 0 Å². The van der Waals surface area contributed by atoms with Crippen molar-refractivity contribution in [1.29, 1.82) is 0 Å². The molecule has 3 heteroatoms. The first-order valence-electron chi connectivity index (χ1n) is 7.46. The van der Waals surface area contributed by atoms with Crippen molar-refractivity contribution in [1.82, 2.24) is 5.32 Å². The quantitative estimate of drug-likeness (QED) is 0.840. The third-order valence-corrected chi connectivity index (χ3v) is 4.45. The van der Waals surface area contributed by atoms with Gasteiger partial charge in [0.2, 0.25) is 0 Å². The van der Waals surface area contributed by atoms with Gasteiger partial charge in [-0.3, -0.25) is 0 Å². The van der Waals surface area contributed by atoms with Crippen LogP contribution in [0.4, 0.5) is 5.69 Å². The van der Waals surface area contributed by atoms with Crippen molar-refractivity contribution in [2.45, 2.75) is 44.8 Å². The van der Waals surface area contributed by atoms with Gasteiger partial charge in [-0.25, -0.2) is 0 Å². The molecule has 0 aliphatic carbocycles. The molecule has 0 unspecified atom stereocenters. The van der Waals surface area contributed by atoms with E-state index in [-0.39, 0.29) is 5.60 Å². The highest BCUT2D eigenvalue weighted by atomic mass is 16.5. The minimum Gasteiger partial charge on any atom is -0.485 e. The number of benzene rings is 1. The average molecular weight is 260 g/mol. The highest BCUT2D eigenvalue weighted by molar-refractivity contribution is 5.60. The first kappa shape index (κ1) is 12.8. The fourth-order valence-electron chi connectivity index (χ4n) is 3.28. The lowest BCUT2D eigenvalue weighted by atomic mass is 9.88. The maximum atomic E-state index is 6.48. The number of hydrogen-bond acceptors (Lipinski definition) is 3. The van der Waals surface area contributed by atoms with Crippen molar-refractivity contribution < 1.29 is 4.74 Å². The van der Waals surface area contributed by atoms with E-state index in [1.54, 1.807) is 0 Å². The molecule has 19 heavy (non-hydrogen) atoms. The molecule has 1 N–H and O–H groups in total. The molecule has 1 saturated heterocycles. The molecule has 1 fully saturated rings. The van der Waals surface area contributed by atoms with Gasteiger partial charge in [-0.05, 0) is 51.9 Å². The van der Waals surface area contributed by atoms with E-state index in [0.717, 1.165) is 44.6 Å². The van der Waals surface area contributed by atoms with Crippen LogP contribution in [0, 0.1) is 0 Å². The van der Waals surface area contributed by atoms with E-state index in [1.165, 1.54) is 5.69 Å². The van der Waals surface area contributed by atoms with Gasteiger partial charge >= 0.3 is 0 Å². The second-order valence-electron chi connectivity index (χ2n) is 6.04. The molecule has 2 aliphatic rings. The molecule has 2 heterocycles. The number of nitrogens with one attached hydrogen (secondary N) is 1. The third kappa shape index (κ3) is 2.44. The Morgan fingerprint density at radius 2 is 1.89 bits per heavy atom. The van der Waals surface area contributed by atoms with Crippen molar-refractivity contribution in [3.8, 4) is 5.75 Å². The molecule has 2 aliphatic heterocycles. The average Bonchev–Trinajstić information content (AvgIpc) is 2.56. The maximum absolute atomic E-state index is 6.48. The summed E-state index contributed by atoms with van der Waals surface area (Å²) in [5.74, 6) is 1.07. The first-order chi connectivity index (χ1) is 9.20. The van der Waals surface area contributed by atoms with Gasteiger partial charge in [0.05, 0.1) is 5.69 Å². The van der Waals surface area contributed by atoms with Gasteiger partial charge in [-0.2, -0.15) is 0 Å². The predicted molar refractivity (Wildman–Crippen MR) is 79.0 cm³/mol. The summed E-state index contributed by atoms with van der Waals surface area (Å²) in [5.41, 5.74) is 1.30. The molecule has 0 atom stereocenters. The van der Waals surface area contributed by atoms with Crippen molar-refractivity contribution in [3.63, 3.8) is 0 Å². The van der Waals surface area contributed by atoms with E-state index in [9.17, 15) is 0 Å². The van der Waals surface area contributed by atoms with E-state index < -0.39 is 0 Å². The molecule has 3 nitrogen and oxygen atoms in total. The van der Waals surface area contributed by atoms with Crippen LogP contribution in [0.15, 0.2) is 24.3 Å². The minimum absolute atomic E-state index is 0.0466. The van der Waals surface area contributed by atoms with Crippen LogP contribution in [0.5, 0.6) is 5.75 Å². The largest absolute Gasteiger partial charge is 0.485 e. The molecule has 1 aromatic rings. The number of piperidine rings is 1. The Morgan fingerprint density at radius 1 is 1.16 bits per heavy atom. The summed E-state index contributed by atoms with van der Waals surface area (Å²) in [7, 11) is 0. The number of para-hydroxylation sites is 2. The summed E-state index contributed by atoms with van der Waals surface area (Å²) in [4.78, 5) is 2.48. The van der Waals surface area contributed by atoms with Gasteiger partial charge in [0, 0.05) is 19.0 Å². The summed E-state index contributed by atoms with van der Waals surface area (Å²) >= 11 is 0.